The van der Waals surface area contributed by atoms with Crippen LogP contribution < -0.4 is 11.1 Å². The topological polar surface area (TPSA) is 70.9 Å². The predicted octanol–water partition coefficient (Wildman–Crippen LogP) is 1.95. The molecule has 1 amide bonds. The summed E-state index contributed by atoms with van der Waals surface area (Å²) in [5, 5.41) is 4.13. The Morgan fingerprint density at radius 3 is 3.00 bits per heavy atom. The summed E-state index contributed by atoms with van der Waals surface area (Å²) < 4.78 is 0. The van der Waals surface area contributed by atoms with Gasteiger partial charge in [-0.3, -0.25) is 4.79 Å². The van der Waals surface area contributed by atoms with E-state index in [1.807, 2.05) is 25.3 Å². The highest BCUT2D eigenvalue weighted by atomic mass is 16.2. The lowest BCUT2D eigenvalue weighted by molar-refractivity contribution is -0.122. The Morgan fingerprint density at radius 2 is 2.21 bits per heavy atom. The number of aryl methyl sites for hydroxylation is 1. The second-order valence-electron chi connectivity index (χ2n) is 4.77. The van der Waals surface area contributed by atoms with Crippen LogP contribution in [0.1, 0.15) is 25.3 Å². The lowest BCUT2D eigenvalue weighted by Gasteiger charge is -2.09. The first-order valence-corrected chi connectivity index (χ1v) is 6.80. The van der Waals surface area contributed by atoms with E-state index < -0.39 is 0 Å². The van der Waals surface area contributed by atoms with Crippen molar-refractivity contribution >= 4 is 16.8 Å². The summed E-state index contributed by atoms with van der Waals surface area (Å²) in [4.78, 5) is 14.8. The van der Waals surface area contributed by atoms with Gasteiger partial charge in [0.25, 0.3) is 0 Å². The average Bonchev–Trinajstić information content (AvgIpc) is 2.86. The van der Waals surface area contributed by atoms with Gasteiger partial charge in [-0.15, -0.1) is 0 Å². The van der Waals surface area contributed by atoms with Gasteiger partial charge >= 0.3 is 0 Å². The fraction of sp³-hybridized carbons (Fsp3) is 0.400. The van der Waals surface area contributed by atoms with Crippen LogP contribution in [0.2, 0.25) is 0 Å². The van der Waals surface area contributed by atoms with Crippen molar-refractivity contribution in [2.45, 2.75) is 32.2 Å². The molecule has 0 aliphatic carbocycles. The van der Waals surface area contributed by atoms with E-state index in [-0.39, 0.29) is 11.9 Å². The monoisotopic (exact) mass is 259 g/mol. The summed E-state index contributed by atoms with van der Waals surface area (Å²) in [5.74, 6) is -0.0542. The Labute approximate surface area is 113 Å². The smallest absolute Gasteiger partial charge is 0.236 e. The highest BCUT2D eigenvalue weighted by Crippen LogP contribution is 2.18. The normalized spacial score (nSPS) is 12.5. The summed E-state index contributed by atoms with van der Waals surface area (Å²) >= 11 is 0. The van der Waals surface area contributed by atoms with E-state index in [1.165, 1.54) is 10.9 Å². The molecule has 1 unspecified atom stereocenters. The van der Waals surface area contributed by atoms with Crippen LogP contribution in [0.4, 0.5) is 0 Å². The molecule has 2 aromatic rings. The lowest BCUT2D eigenvalue weighted by Crippen LogP contribution is -2.40. The van der Waals surface area contributed by atoms with Crippen molar-refractivity contribution in [3.05, 3.63) is 36.0 Å². The van der Waals surface area contributed by atoms with Crippen molar-refractivity contribution in [1.29, 1.82) is 0 Å². The van der Waals surface area contributed by atoms with Crippen LogP contribution in [0.3, 0.4) is 0 Å². The van der Waals surface area contributed by atoms with E-state index in [0.29, 0.717) is 13.0 Å². The Hall–Kier alpha value is -1.81. The molecule has 0 radical (unpaired) electrons. The number of nitrogens with one attached hydrogen (secondary N) is 2. The lowest BCUT2D eigenvalue weighted by atomic mass is 10.1. The molecule has 1 aromatic heterocycles. The molecule has 0 aliphatic heterocycles. The number of hydrogen-bond donors (Lipinski definition) is 3. The summed E-state index contributed by atoms with van der Waals surface area (Å²) in [7, 11) is 0. The molecule has 19 heavy (non-hydrogen) atoms. The van der Waals surface area contributed by atoms with E-state index >= 15 is 0 Å². The van der Waals surface area contributed by atoms with E-state index in [0.717, 1.165) is 18.4 Å². The average molecular weight is 259 g/mol. The molecule has 0 saturated carbocycles. The fourth-order valence-electron chi connectivity index (χ4n) is 2.15. The maximum absolute atomic E-state index is 11.5. The van der Waals surface area contributed by atoms with E-state index in [9.17, 15) is 4.79 Å². The first-order valence-electron chi connectivity index (χ1n) is 6.80. The minimum atomic E-state index is -0.381. The minimum Gasteiger partial charge on any atom is -0.361 e. The zero-order valence-electron chi connectivity index (χ0n) is 11.3. The van der Waals surface area contributed by atoms with Crippen molar-refractivity contribution in [2.24, 2.45) is 5.73 Å². The Bertz CT molecular complexity index is 547. The summed E-state index contributed by atoms with van der Waals surface area (Å²) in [6, 6.07) is 7.87. The number of carbonyl (C=O) groups excluding carboxylic acids is 1. The molecule has 0 saturated heterocycles. The number of amides is 1. The summed E-state index contributed by atoms with van der Waals surface area (Å²) in [5.41, 5.74) is 8.11. The Kier molecular flexibility index (Phi) is 4.58. The summed E-state index contributed by atoms with van der Waals surface area (Å²) in [6.07, 6.45) is 4.59. The molecule has 0 aliphatic rings. The van der Waals surface area contributed by atoms with Gasteiger partial charge in [-0.25, -0.2) is 0 Å². The molecular formula is C15H21N3O. The number of aromatic amines is 1. The molecule has 0 bridgehead atoms. The van der Waals surface area contributed by atoms with Crippen molar-refractivity contribution in [2.75, 3.05) is 6.54 Å². The molecule has 4 N–H and O–H groups in total. The third kappa shape index (κ3) is 3.35. The van der Waals surface area contributed by atoms with Crippen LogP contribution in [0.5, 0.6) is 0 Å². The van der Waals surface area contributed by atoms with Gasteiger partial charge in [0.1, 0.15) is 0 Å². The van der Waals surface area contributed by atoms with Crippen LogP contribution in [-0.2, 0) is 11.2 Å². The van der Waals surface area contributed by atoms with Gasteiger partial charge in [-0.05, 0) is 30.9 Å². The Balaban J connectivity index is 1.82. The van der Waals surface area contributed by atoms with Crippen molar-refractivity contribution in [1.82, 2.24) is 10.3 Å². The largest absolute Gasteiger partial charge is 0.361 e. The number of aromatic nitrogens is 1. The number of rotatable bonds is 6. The van der Waals surface area contributed by atoms with Gasteiger partial charge in [-0.2, -0.15) is 0 Å². The van der Waals surface area contributed by atoms with Crippen molar-refractivity contribution < 1.29 is 4.79 Å². The summed E-state index contributed by atoms with van der Waals surface area (Å²) in [6.45, 7) is 2.59. The van der Waals surface area contributed by atoms with E-state index in [1.54, 1.807) is 0 Å². The van der Waals surface area contributed by atoms with Crippen molar-refractivity contribution in [3.8, 4) is 0 Å². The quantitative estimate of drug-likeness (QED) is 0.694. The molecule has 0 spiro atoms. The van der Waals surface area contributed by atoms with Crippen molar-refractivity contribution in [3.63, 3.8) is 0 Å². The van der Waals surface area contributed by atoms with Gasteiger partial charge in [0.2, 0.25) is 5.91 Å². The molecule has 102 valence electrons. The SMILES string of the molecule is CCC(N)C(=O)NCCCc1c[nH]c2ccccc12. The number of benzene rings is 1. The van der Waals surface area contributed by atoms with Crippen LogP contribution >= 0.6 is 0 Å². The molecular weight excluding hydrogens is 238 g/mol. The Morgan fingerprint density at radius 1 is 1.42 bits per heavy atom. The molecule has 4 heteroatoms. The van der Waals surface area contributed by atoms with Gasteiger partial charge in [0, 0.05) is 23.6 Å². The number of hydrogen-bond acceptors (Lipinski definition) is 2. The number of para-hydroxylation sites is 1. The molecule has 2 rings (SSSR count). The van der Waals surface area contributed by atoms with E-state index in [4.69, 9.17) is 5.73 Å². The van der Waals surface area contributed by atoms with E-state index in [2.05, 4.69) is 22.4 Å². The third-order valence-corrected chi connectivity index (χ3v) is 3.37. The fourth-order valence-corrected chi connectivity index (χ4v) is 2.15. The second kappa shape index (κ2) is 6.38. The number of nitrogens with two attached hydrogens (primary N) is 1. The first-order chi connectivity index (χ1) is 9.22. The third-order valence-electron chi connectivity index (χ3n) is 3.37. The molecule has 4 nitrogen and oxygen atoms in total. The standard InChI is InChI=1S/C15H21N3O/c1-2-13(16)15(19)17-9-5-6-11-10-18-14-8-4-3-7-12(11)14/h3-4,7-8,10,13,18H,2,5-6,9,16H2,1H3,(H,17,19). The predicted molar refractivity (Wildman–Crippen MR) is 77.9 cm³/mol. The number of H-pyrrole nitrogens is 1. The molecule has 0 fully saturated rings. The van der Waals surface area contributed by atoms with Crippen LogP contribution in [0.25, 0.3) is 10.9 Å². The molecule has 1 aromatic carbocycles. The number of fused-ring (bicyclic) bond motifs is 1. The van der Waals surface area contributed by atoms with Gasteiger partial charge in [0.15, 0.2) is 0 Å². The molecule has 1 heterocycles. The van der Waals surface area contributed by atoms with Gasteiger partial charge < -0.3 is 16.0 Å². The van der Waals surface area contributed by atoms with Crippen LogP contribution in [-0.4, -0.2) is 23.5 Å². The highest BCUT2D eigenvalue weighted by molar-refractivity contribution is 5.83. The minimum absolute atomic E-state index is 0.0542. The highest BCUT2D eigenvalue weighted by Gasteiger charge is 2.09. The number of carbonyl (C=O) groups is 1. The first kappa shape index (κ1) is 13.6. The maximum atomic E-state index is 11.5. The second-order valence-corrected chi connectivity index (χ2v) is 4.77. The van der Waals surface area contributed by atoms with Crippen LogP contribution in [0.15, 0.2) is 30.5 Å². The van der Waals surface area contributed by atoms with Crippen LogP contribution in [0, 0.1) is 0 Å². The molecule has 1 atom stereocenters. The zero-order chi connectivity index (χ0) is 13.7. The maximum Gasteiger partial charge on any atom is 0.236 e. The zero-order valence-corrected chi connectivity index (χ0v) is 11.3. The van der Waals surface area contributed by atoms with Gasteiger partial charge in [-0.1, -0.05) is 25.1 Å². The van der Waals surface area contributed by atoms with Gasteiger partial charge in [0.05, 0.1) is 6.04 Å².